The summed E-state index contributed by atoms with van der Waals surface area (Å²) in [6.45, 7) is 3.06. The van der Waals surface area contributed by atoms with E-state index >= 15 is 0 Å². The van der Waals surface area contributed by atoms with Gasteiger partial charge in [-0.2, -0.15) is 0 Å². The first-order valence-electron chi connectivity index (χ1n) is 4.11. The molecule has 78 valence electrons. The van der Waals surface area contributed by atoms with Gasteiger partial charge in [-0.25, -0.2) is 8.78 Å². The number of rotatable bonds is 5. The Balaban J connectivity index is 4.33. The van der Waals surface area contributed by atoms with Crippen LogP contribution in [0.5, 0.6) is 0 Å². The predicted octanol–water partition coefficient (Wildman–Crippen LogP) is 1.17. The lowest BCUT2D eigenvalue weighted by molar-refractivity contribution is -0.156. The number of hydrogen-bond donors (Lipinski definition) is 1. The number of carbonyl (C=O) groups is 1. The highest BCUT2D eigenvalue weighted by molar-refractivity contribution is 5.76. The molecule has 0 aromatic heterocycles. The van der Waals surface area contributed by atoms with E-state index in [2.05, 4.69) is 4.74 Å². The van der Waals surface area contributed by atoms with Gasteiger partial charge >= 0.3 is 5.97 Å². The highest BCUT2D eigenvalue weighted by atomic mass is 19.3. The van der Waals surface area contributed by atoms with Crippen molar-refractivity contribution < 1.29 is 18.3 Å². The van der Waals surface area contributed by atoms with Gasteiger partial charge in [0.25, 0.3) is 0 Å². The molecular weight excluding hydrogens is 180 g/mol. The molecule has 0 radical (unpaired) electrons. The third-order valence-corrected chi connectivity index (χ3v) is 1.82. The summed E-state index contributed by atoms with van der Waals surface area (Å²) in [6, 6.07) is 0. The van der Waals surface area contributed by atoms with Gasteiger partial charge in [-0.1, -0.05) is 0 Å². The zero-order chi connectivity index (χ0) is 10.5. The van der Waals surface area contributed by atoms with Crippen molar-refractivity contribution in [2.75, 3.05) is 13.2 Å². The molecule has 1 unspecified atom stereocenters. The first kappa shape index (κ1) is 12.3. The molecule has 0 rings (SSSR count). The van der Waals surface area contributed by atoms with Crippen LogP contribution in [0.15, 0.2) is 0 Å². The van der Waals surface area contributed by atoms with Gasteiger partial charge in [0.2, 0.25) is 6.43 Å². The van der Waals surface area contributed by atoms with Crippen molar-refractivity contribution in [2.24, 2.45) is 11.1 Å². The predicted molar refractivity (Wildman–Crippen MR) is 44.4 cm³/mol. The van der Waals surface area contributed by atoms with E-state index in [1.54, 1.807) is 6.92 Å². The number of esters is 1. The van der Waals surface area contributed by atoms with Gasteiger partial charge in [0.15, 0.2) is 0 Å². The van der Waals surface area contributed by atoms with E-state index in [1.165, 1.54) is 6.92 Å². The van der Waals surface area contributed by atoms with Crippen molar-refractivity contribution in [3.63, 3.8) is 0 Å². The van der Waals surface area contributed by atoms with Gasteiger partial charge in [0, 0.05) is 13.0 Å². The summed E-state index contributed by atoms with van der Waals surface area (Å²) in [4.78, 5) is 11.2. The minimum Gasteiger partial charge on any atom is -0.466 e. The Morgan fingerprint density at radius 2 is 2.15 bits per heavy atom. The zero-order valence-corrected chi connectivity index (χ0v) is 7.85. The third kappa shape index (κ3) is 3.67. The maximum Gasteiger partial charge on any atom is 0.313 e. The molecule has 13 heavy (non-hydrogen) atoms. The third-order valence-electron chi connectivity index (χ3n) is 1.82. The molecule has 0 aliphatic heterocycles. The number of alkyl halides is 2. The SMILES string of the molecule is CCOC(=O)C(C)(CN)CC(F)F. The molecule has 0 fully saturated rings. The van der Waals surface area contributed by atoms with Gasteiger partial charge < -0.3 is 10.5 Å². The number of carbonyl (C=O) groups excluding carboxylic acids is 1. The zero-order valence-electron chi connectivity index (χ0n) is 7.85. The van der Waals surface area contributed by atoms with Crippen molar-refractivity contribution in [1.29, 1.82) is 0 Å². The van der Waals surface area contributed by atoms with E-state index in [9.17, 15) is 13.6 Å². The molecule has 0 saturated heterocycles. The van der Waals surface area contributed by atoms with Crippen molar-refractivity contribution >= 4 is 5.97 Å². The van der Waals surface area contributed by atoms with Crippen LogP contribution < -0.4 is 5.73 Å². The van der Waals surface area contributed by atoms with E-state index in [0.717, 1.165) is 0 Å². The monoisotopic (exact) mass is 195 g/mol. The van der Waals surface area contributed by atoms with Crippen LogP contribution in [0.3, 0.4) is 0 Å². The largest absolute Gasteiger partial charge is 0.466 e. The maximum absolute atomic E-state index is 12.1. The van der Waals surface area contributed by atoms with Gasteiger partial charge in [0.1, 0.15) is 0 Å². The summed E-state index contributed by atoms with van der Waals surface area (Å²) >= 11 is 0. The van der Waals surface area contributed by atoms with Crippen LogP contribution in [0.25, 0.3) is 0 Å². The highest BCUT2D eigenvalue weighted by Gasteiger charge is 2.36. The first-order chi connectivity index (χ1) is 5.96. The van der Waals surface area contributed by atoms with Crippen molar-refractivity contribution in [2.45, 2.75) is 26.7 Å². The van der Waals surface area contributed by atoms with Crippen molar-refractivity contribution in [3.8, 4) is 0 Å². The molecule has 0 bridgehead atoms. The van der Waals surface area contributed by atoms with Gasteiger partial charge in [-0.05, 0) is 13.8 Å². The van der Waals surface area contributed by atoms with Gasteiger partial charge in [-0.3, -0.25) is 4.79 Å². The average Bonchev–Trinajstić information content (AvgIpc) is 2.03. The van der Waals surface area contributed by atoms with Crippen LogP contribution in [0.2, 0.25) is 0 Å². The first-order valence-corrected chi connectivity index (χ1v) is 4.11. The fraction of sp³-hybridized carbons (Fsp3) is 0.875. The van der Waals surface area contributed by atoms with Crippen LogP contribution >= 0.6 is 0 Å². The number of halogens is 2. The van der Waals surface area contributed by atoms with Gasteiger partial charge in [0.05, 0.1) is 12.0 Å². The van der Waals surface area contributed by atoms with Crippen molar-refractivity contribution in [1.82, 2.24) is 0 Å². The standard InChI is InChI=1S/C8H15F2NO2/c1-3-13-7(12)8(2,5-11)4-6(9)10/h6H,3-5,11H2,1-2H3. The maximum atomic E-state index is 12.1. The second-order valence-corrected chi connectivity index (χ2v) is 3.08. The summed E-state index contributed by atoms with van der Waals surface area (Å²) in [5.41, 5.74) is 3.99. The molecule has 0 amide bonds. The molecular formula is C8H15F2NO2. The highest BCUT2D eigenvalue weighted by Crippen LogP contribution is 2.25. The Bertz CT molecular complexity index is 176. The van der Waals surface area contributed by atoms with Crippen LogP contribution in [-0.4, -0.2) is 25.5 Å². The molecule has 0 saturated carbocycles. The van der Waals surface area contributed by atoms with E-state index in [0.29, 0.717) is 0 Å². The summed E-state index contributed by atoms with van der Waals surface area (Å²) in [5.74, 6) is -0.655. The van der Waals surface area contributed by atoms with E-state index < -0.39 is 24.2 Å². The molecule has 5 heteroatoms. The molecule has 0 aromatic rings. The Morgan fingerprint density at radius 3 is 2.46 bits per heavy atom. The Labute approximate surface area is 76.2 Å². The van der Waals surface area contributed by atoms with Crippen LogP contribution in [0, 0.1) is 5.41 Å². The minimum atomic E-state index is -2.54. The quantitative estimate of drug-likeness (QED) is 0.670. The number of hydrogen-bond acceptors (Lipinski definition) is 3. The Kier molecular flexibility index (Phi) is 4.83. The minimum absolute atomic E-state index is 0.129. The summed E-state index contributed by atoms with van der Waals surface area (Å²) in [6.07, 6.45) is -3.10. The number of ether oxygens (including phenoxy) is 1. The molecule has 0 aliphatic carbocycles. The van der Waals surface area contributed by atoms with Crippen LogP contribution in [0.4, 0.5) is 8.78 Å². The second kappa shape index (κ2) is 5.11. The summed E-state index contributed by atoms with van der Waals surface area (Å²) in [5, 5.41) is 0. The van der Waals surface area contributed by atoms with Crippen molar-refractivity contribution in [3.05, 3.63) is 0 Å². The van der Waals surface area contributed by atoms with E-state index in [4.69, 9.17) is 5.73 Å². The average molecular weight is 195 g/mol. The fourth-order valence-electron chi connectivity index (χ4n) is 0.896. The normalized spacial score (nSPS) is 15.5. The second-order valence-electron chi connectivity index (χ2n) is 3.08. The molecule has 2 N–H and O–H groups in total. The molecule has 0 aromatic carbocycles. The van der Waals surface area contributed by atoms with Crippen LogP contribution in [0.1, 0.15) is 20.3 Å². The lowest BCUT2D eigenvalue weighted by atomic mass is 9.87. The molecule has 1 atom stereocenters. The molecule has 0 aliphatic rings. The topological polar surface area (TPSA) is 52.3 Å². The lowest BCUT2D eigenvalue weighted by Gasteiger charge is -2.24. The van der Waals surface area contributed by atoms with Crippen LogP contribution in [-0.2, 0) is 9.53 Å². The molecule has 0 spiro atoms. The summed E-state index contributed by atoms with van der Waals surface area (Å²) in [7, 11) is 0. The van der Waals surface area contributed by atoms with Gasteiger partial charge in [-0.15, -0.1) is 0 Å². The molecule has 3 nitrogen and oxygen atoms in total. The Hall–Kier alpha value is -0.710. The van der Waals surface area contributed by atoms with E-state index in [-0.39, 0.29) is 13.2 Å². The molecule has 0 heterocycles. The lowest BCUT2D eigenvalue weighted by Crippen LogP contribution is -2.38. The Morgan fingerprint density at radius 1 is 1.62 bits per heavy atom. The van der Waals surface area contributed by atoms with E-state index in [1.807, 2.05) is 0 Å². The smallest absolute Gasteiger partial charge is 0.313 e. The number of nitrogens with two attached hydrogens (primary N) is 1. The summed E-state index contributed by atoms with van der Waals surface area (Å²) < 4.78 is 28.8. The fourth-order valence-corrected chi connectivity index (χ4v) is 0.896.